The number of anilines is 3. The molecule has 3 N–H and O–H groups in total. The fraction of sp³-hybridized carbons (Fsp3) is 0.0769. The van der Waals surface area contributed by atoms with Gasteiger partial charge in [-0.3, -0.25) is 0 Å². The monoisotopic (exact) mass is 302 g/mol. The zero-order valence-electron chi connectivity index (χ0n) is 9.74. The van der Waals surface area contributed by atoms with Crippen molar-refractivity contribution in [3.8, 4) is 6.07 Å². The van der Waals surface area contributed by atoms with Gasteiger partial charge in [0, 0.05) is 4.47 Å². The van der Waals surface area contributed by atoms with Gasteiger partial charge in [0.25, 0.3) is 0 Å². The largest absolute Gasteiger partial charge is 0.397 e. The average molecular weight is 303 g/mol. The number of benzene rings is 1. The molecule has 90 valence electrons. The Hall–Kier alpha value is -2.06. The van der Waals surface area contributed by atoms with E-state index in [0.29, 0.717) is 17.1 Å². The number of nitrogens with one attached hydrogen (secondary N) is 1. The number of aryl methyl sites for hydroxylation is 1. The van der Waals surface area contributed by atoms with Crippen molar-refractivity contribution in [1.82, 2.24) is 4.98 Å². The minimum atomic E-state index is 0.605. The molecule has 0 atom stereocenters. The van der Waals surface area contributed by atoms with E-state index in [9.17, 15) is 0 Å². The average Bonchev–Trinajstić information content (AvgIpc) is 2.36. The molecular weight excluding hydrogens is 292 g/mol. The van der Waals surface area contributed by atoms with E-state index in [1.165, 1.54) is 0 Å². The summed E-state index contributed by atoms with van der Waals surface area (Å²) in [6.07, 6.45) is 0. The van der Waals surface area contributed by atoms with Gasteiger partial charge in [0.2, 0.25) is 0 Å². The minimum Gasteiger partial charge on any atom is -0.397 e. The number of nitrogen functional groups attached to an aromatic ring is 1. The number of pyridine rings is 1. The molecule has 1 aromatic heterocycles. The van der Waals surface area contributed by atoms with Gasteiger partial charge in [0.1, 0.15) is 5.82 Å². The zero-order valence-corrected chi connectivity index (χ0v) is 11.3. The van der Waals surface area contributed by atoms with Crippen LogP contribution in [0.15, 0.2) is 34.8 Å². The van der Waals surface area contributed by atoms with Gasteiger partial charge < -0.3 is 11.1 Å². The van der Waals surface area contributed by atoms with Crippen LogP contribution in [-0.4, -0.2) is 4.98 Å². The Labute approximate surface area is 114 Å². The number of rotatable bonds is 2. The Kier molecular flexibility index (Phi) is 3.49. The van der Waals surface area contributed by atoms with Crippen molar-refractivity contribution >= 4 is 33.1 Å². The van der Waals surface area contributed by atoms with Crippen LogP contribution in [0.3, 0.4) is 0 Å². The van der Waals surface area contributed by atoms with Crippen molar-refractivity contribution in [2.75, 3.05) is 11.1 Å². The third kappa shape index (κ3) is 2.60. The summed E-state index contributed by atoms with van der Waals surface area (Å²) in [5.74, 6) is 0.715. The minimum absolute atomic E-state index is 0.605. The maximum absolute atomic E-state index is 8.79. The van der Waals surface area contributed by atoms with Crippen LogP contribution in [0, 0.1) is 18.3 Å². The number of nitriles is 1. The van der Waals surface area contributed by atoms with Crippen LogP contribution in [-0.2, 0) is 0 Å². The molecule has 2 rings (SSSR count). The van der Waals surface area contributed by atoms with E-state index in [0.717, 1.165) is 15.9 Å². The van der Waals surface area contributed by atoms with Crippen molar-refractivity contribution in [3.05, 3.63) is 46.1 Å². The molecule has 0 aliphatic carbocycles. The quantitative estimate of drug-likeness (QED) is 0.892. The number of nitrogens with two attached hydrogens (primary N) is 1. The van der Waals surface area contributed by atoms with E-state index in [1.807, 2.05) is 25.1 Å². The molecule has 18 heavy (non-hydrogen) atoms. The van der Waals surface area contributed by atoms with E-state index in [-0.39, 0.29) is 0 Å². The summed E-state index contributed by atoms with van der Waals surface area (Å²) in [5, 5.41) is 12.0. The van der Waals surface area contributed by atoms with Gasteiger partial charge in [0.05, 0.1) is 28.7 Å². The summed E-state index contributed by atoms with van der Waals surface area (Å²) >= 11 is 3.41. The Morgan fingerprint density at radius 3 is 2.72 bits per heavy atom. The Bertz CT molecular complexity index is 631. The third-order valence-corrected chi connectivity index (χ3v) is 3.14. The second-order valence-corrected chi connectivity index (χ2v) is 4.66. The Balaban J connectivity index is 2.29. The second kappa shape index (κ2) is 5.07. The molecule has 0 aliphatic rings. The summed E-state index contributed by atoms with van der Waals surface area (Å²) in [6.45, 7) is 1.86. The van der Waals surface area contributed by atoms with Gasteiger partial charge >= 0.3 is 0 Å². The van der Waals surface area contributed by atoms with Crippen LogP contribution < -0.4 is 11.1 Å². The van der Waals surface area contributed by atoms with Crippen molar-refractivity contribution in [2.24, 2.45) is 0 Å². The summed E-state index contributed by atoms with van der Waals surface area (Å²) in [5.41, 5.74) is 8.62. The molecule has 0 radical (unpaired) electrons. The molecule has 0 bridgehead atoms. The van der Waals surface area contributed by atoms with Crippen LogP contribution >= 0.6 is 15.9 Å². The van der Waals surface area contributed by atoms with Gasteiger partial charge in [-0.25, -0.2) is 4.98 Å². The van der Waals surface area contributed by atoms with Crippen molar-refractivity contribution in [1.29, 1.82) is 5.26 Å². The van der Waals surface area contributed by atoms with Gasteiger partial charge in [-0.15, -0.1) is 0 Å². The molecule has 5 heteroatoms. The van der Waals surface area contributed by atoms with Crippen LogP contribution in [0.1, 0.15) is 11.3 Å². The first-order chi connectivity index (χ1) is 8.60. The highest BCUT2D eigenvalue weighted by Crippen LogP contribution is 2.26. The number of hydrogen-bond acceptors (Lipinski definition) is 4. The van der Waals surface area contributed by atoms with Crippen molar-refractivity contribution < 1.29 is 0 Å². The molecule has 0 unspecified atom stereocenters. The van der Waals surface area contributed by atoms with E-state index in [1.54, 1.807) is 12.1 Å². The van der Waals surface area contributed by atoms with Crippen molar-refractivity contribution in [2.45, 2.75) is 6.92 Å². The highest BCUT2D eigenvalue weighted by Gasteiger charge is 2.04. The first-order valence-corrected chi connectivity index (χ1v) is 6.09. The molecule has 0 aliphatic heterocycles. The van der Waals surface area contributed by atoms with E-state index >= 15 is 0 Å². The van der Waals surface area contributed by atoms with Gasteiger partial charge in [-0.2, -0.15) is 5.26 Å². The highest BCUT2D eigenvalue weighted by molar-refractivity contribution is 9.10. The topological polar surface area (TPSA) is 74.7 Å². The lowest BCUT2D eigenvalue weighted by molar-refractivity contribution is 1.20. The lowest BCUT2D eigenvalue weighted by Gasteiger charge is -2.09. The number of aromatic nitrogens is 1. The van der Waals surface area contributed by atoms with E-state index < -0.39 is 0 Å². The third-order valence-electron chi connectivity index (χ3n) is 2.49. The van der Waals surface area contributed by atoms with Gasteiger partial charge in [-0.05, 0) is 53.2 Å². The maximum atomic E-state index is 8.79. The number of nitrogens with zero attached hydrogens (tertiary/aromatic N) is 2. The summed E-state index contributed by atoms with van der Waals surface area (Å²) < 4.78 is 0.817. The lowest BCUT2D eigenvalue weighted by Crippen LogP contribution is -1.98. The molecule has 0 amide bonds. The standard InChI is InChI=1S/C13H11BrN4/c1-8-11(16)3-5-13(17-8)18-12-4-2-9(7-15)6-10(12)14/h2-6H,16H2,1H3,(H,17,18). The van der Waals surface area contributed by atoms with E-state index in [2.05, 4.69) is 32.3 Å². The number of halogens is 1. The Morgan fingerprint density at radius 1 is 1.33 bits per heavy atom. The lowest BCUT2D eigenvalue weighted by atomic mass is 10.2. The molecule has 4 nitrogen and oxygen atoms in total. The molecule has 0 fully saturated rings. The molecule has 0 saturated heterocycles. The van der Waals surface area contributed by atoms with Crippen LogP contribution in [0.5, 0.6) is 0 Å². The summed E-state index contributed by atoms with van der Waals surface area (Å²) in [7, 11) is 0. The number of hydrogen-bond donors (Lipinski definition) is 2. The fourth-order valence-corrected chi connectivity index (χ4v) is 1.94. The first-order valence-electron chi connectivity index (χ1n) is 5.30. The first kappa shape index (κ1) is 12.4. The molecule has 0 saturated carbocycles. The smallest absolute Gasteiger partial charge is 0.130 e. The summed E-state index contributed by atoms with van der Waals surface area (Å²) in [6, 6.07) is 11.0. The van der Waals surface area contributed by atoms with Crippen LogP contribution in [0.2, 0.25) is 0 Å². The van der Waals surface area contributed by atoms with Crippen LogP contribution in [0.25, 0.3) is 0 Å². The van der Waals surface area contributed by atoms with Gasteiger partial charge in [0.15, 0.2) is 0 Å². The molecular formula is C13H11BrN4. The molecule has 1 aromatic carbocycles. The zero-order chi connectivity index (χ0) is 13.1. The second-order valence-electron chi connectivity index (χ2n) is 3.80. The fourth-order valence-electron chi connectivity index (χ4n) is 1.47. The predicted molar refractivity (Wildman–Crippen MR) is 75.5 cm³/mol. The normalized spacial score (nSPS) is 9.83. The predicted octanol–water partition coefficient (Wildman–Crippen LogP) is 3.35. The highest BCUT2D eigenvalue weighted by atomic mass is 79.9. The van der Waals surface area contributed by atoms with Crippen molar-refractivity contribution in [3.63, 3.8) is 0 Å². The van der Waals surface area contributed by atoms with E-state index in [4.69, 9.17) is 11.0 Å². The summed E-state index contributed by atoms with van der Waals surface area (Å²) in [4.78, 5) is 4.33. The SMILES string of the molecule is Cc1nc(Nc2ccc(C#N)cc2Br)ccc1N. The van der Waals surface area contributed by atoms with Gasteiger partial charge in [-0.1, -0.05) is 0 Å². The Morgan fingerprint density at radius 2 is 2.11 bits per heavy atom. The van der Waals surface area contributed by atoms with Crippen LogP contribution in [0.4, 0.5) is 17.2 Å². The molecule has 2 aromatic rings. The molecule has 1 heterocycles. The maximum Gasteiger partial charge on any atom is 0.130 e. The molecule has 0 spiro atoms.